The van der Waals surface area contributed by atoms with E-state index in [1.54, 1.807) is 22.7 Å². The fraction of sp³-hybridized carbons (Fsp3) is 0.200. The van der Waals surface area contributed by atoms with Gasteiger partial charge in [0.15, 0.2) is 0 Å². The maximum atomic E-state index is 5.91. The summed E-state index contributed by atoms with van der Waals surface area (Å²) >= 11 is 9.18. The minimum atomic E-state index is 0.0486. The van der Waals surface area contributed by atoms with Gasteiger partial charge in [-0.3, -0.25) is 5.84 Å². The summed E-state index contributed by atoms with van der Waals surface area (Å²) in [5.41, 5.74) is 4.01. The monoisotopic (exact) mass is 258 g/mol. The van der Waals surface area contributed by atoms with Crippen molar-refractivity contribution in [3.63, 3.8) is 0 Å². The third-order valence-corrected chi connectivity index (χ3v) is 4.31. The van der Waals surface area contributed by atoms with Crippen LogP contribution in [0.2, 0.25) is 4.34 Å². The van der Waals surface area contributed by atoms with Gasteiger partial charge in [0.1, 0.15) is 0 Å². The molecule has 15 heavy (non-hydrogen) atoms. The van der Waals surface area contributed by atoms with E-state index in [9.17, 15) is 0 Å². The topological polar surface area (TPSA) is 38.0 Å². The minimum Gasteiger partial charge on any atom is -0.271 e. The first-order chi connectivity index (χ1) is 7.20. The van der Waals surface area contributed by atoms with Crippen LogP contribution in [-0.4, -0.2) is 0 Å². The summed E-state index contributed by atoms with van der Waals surface area (Å²) in [4.78, 5) is 2.42. The molecule has 0 fully saturated rings. The molecule has 0 spiro atoms. The van der Waals surface area contributed by atoms with Gasteiger partial charge in [-0.15, -0.1) is 22.7 Å². The Balaban J connectivity index is 2.32. The normalized spacial score (nSPS) is 13.0. The number of halogens is 1. The Kier molecular flexibility index (Phi) is 3.43. The Bertz CT molecular complexity index is 409. The fourth-order valence-corrected chi connectivity index (χ4v) is 3.32. The van der Waals surface area contributed by atoms with Crippen LogP contribution in [0.4, 0.5) is 0 Å². The second kappa shape index (κ2) is 4.63. The van der Waals surface area contributed by atoms with Gasteiger partial charge in [-0.1, -0.05) is 11.6 Å². The van der Waals surface area contributed by atoms with Crippen molar-refractivity contribution in [1.82, 2.24) is 5.43 Å². The first-order valence-corrected chi connectivity index (χ1v) is 6.54. The van der Waals surface area contributed by atoms with Gasteiger partial charge >= 0.3 is 0 Å². The van der Waals surface area contributed by atoms with Crippen molar-refractivity contribution < 1.29 is 0 Å². The first kappa shape index (κ1) is 11.1. The molecule has 2 nitrogen and oxygen atoms in total. The molecular formula is C10H11ClN2S2. The third kappa shape index (κ3) is 2.41. The highest BCUT2D eigenvalue weighted by atomic mass is 35.5. The smallest absolute Gasteiger partial charge is 0.0931 e. The number of rotatable bonds is 3. The Labute approximate surface area is 102 Å². The molecule has 2 aromatic rings. The van der Waals surface area contributed by atoms with Crippen LogP contribution in [0.15, 0.2) is 23.6 Å². The van der Waals surface area contributed by atoms with Crippen LogP contribution in [0, 0.1) is 6.92 Å². The van der Waals surface area contributed by atoms with Gasteiger partial charge in [0, 0.05) is 9.75 Å². The first-order valence-electron chi connectivity index (χ1n) is 4.47. The lowest BCUT2D eigenvalue weighted by Crippen LogP contribution is -2.27. The van der Waals surface area contributed by atoms with Crippen LogP contribution in [0.1, 0.15) is 21.4 Å². The second-order valence-electron chi connectivity index (χ2n) is 3.23. The van der Waals surface area contributed by atoms with Crippen molar-refractivity contribution in [1.29, 1.82) is 0 Å². The highest BCUT2D eigenvalue weighted by molar-refractivity contribution is 7.16. The Hall–Kier alpha value is -0.390. The lowest BCUT2D eigenvalue weighted by atomic mass is 10.1. The van der Waals surface area contributed by atoms with E-state index in [2.05, 4.69) is 23.8 Å². The molecule has 1 atom stereocenters. The maximum absolute atomic E-state index is 5.91. The summed E-state index contributed by atoms with van der Waals surface area (Å²) in [7, 11) is 0. The number of nitrogens with two attached hydrogens (primary N) is 1. The van der Waals surface area contributed by atoms with Crippen LogP contribution in [0.3, 0.4) is 0 Å². The van der Waals surface area contributed by atoms with Crippen LogP contribution in [0.25, 0.3) is 0 Å². The highest BCUT2D eigenvalue weighted by Gasteiger charge is 2.15. The fourth-order valence-electron chi connectivity index (χ4n) is 1.44. The summed E-state index contributed by atoms with van der Waals surface area (Å²) in [6.45, 7) is 2.09. The van der Waals surface area contributed by atoms with Crippen molar-refractivity contribution in [3.8, 4) is 0 Å². The van der Waals surface area contributed by atoms with E-state index in [0.29, 0.717) is 0 Å². The van der Waals surface area contributed by atoms with Gasteiger partial charge in [0.25, 0.3) is 0 Å². The molecule has 0 saturated heterocycles. The van der Waals surface area contributed by atoms with E-state index in [4.69, 9.17) is 17.4 Å². The molecule has 0 amide bonds. The molecule has 0 aliphatic heterocycles. The molecular weight excluding hydrogens is 248 g/mol. The third-order valence-electron chi connectivity index (χ3n) is 2.13. The van der Waals surface area contributed by atoms with Gasteiger partial charge in [0.05, 0.1) is 10.4 Å². The number of thiophene rings is 2. The van der Waals surface area contributed by atoms with Crippen molar-refractivity contribution in [3.05, 3.63) is 43.2 Å². The molecule has 2 aromatic heterocycles. The Morgan fingerprint density at radius 1 is 1.47 bits per heavy atom. The predicted octanol–water partition coefficient (Wildman–Crippen LogP) is 3.32. The molecule has 0 aliphatic rings. The van der Waals surface area contributed by atoms with Gasteiger partial charge < -0.3 is 0 Å². The highest BCUT2D eigenvalue weighted by Crippen LogP contribution is 2.32. The number of hydrazine groups is 1. The van der Waals surface area contributed by atoms with Gasteiger partial charge in [0.2, 0.25) is 0 Å². The largest absolute Gasteiger partial charge is 0.271 e. The molecule has 2 heterocycles. The van der Waals surface area contributed by atoms with E-state index in [1.165, 1.54) is 10.4 Å². The van der Waals surface area contributed by atoms with Gasteiger partial charge in [-0.05, 0) is 36.1 Å². The van der Waals surface area contributed by atoms with E-state index in [1.807, 2.05) is 12.1 Å². The molecule has 2 rings (SSSR count). The predicted molar refractivity (Wildman–Crippen MR) is 67.6 cm³/mol. The average molecular weight is 259 g/mol. The van der Waals surface area contributed by atoms with Crippen LogP contribution >= 0.6 is 34.3 Å². The van der Waals surface area contributed by atoms with Gasteiger partial charge in [-0.25, -0.2) is 5.43 Å². The number of aryl methyl sites for hydroxylation is 1. The van der Waals surface area contributed by atoms with Crippen LogP contribution in [-0.2, 0) is 0 Å². The zero-order valence-electron chi connectivity index (χ0n) is 8.16. The van der Waals surface area contributed by atoms with Gasteiger partial charge in [-0.2, -0.15) is 0 Å². The lowest BCUT2D eigenvalue weighted by molar-refractivity contribution is 0.648. The summed E-state index contributed by atoms with van der Waals surface area (Å²) < 4.78 is 0.789. The molecule has 0 saturated carbocycles. The van der Waals surface area contributed by atoms with Crippen LogP contribution in [0.5, 0.6) is 0 Å². The Morgan fingerprint density at radius 3 is 2.73 bits per heavy atom. The van der Waals surface area contributed by atoms with Crippen molar-refractivity contribution in [2.75, 3.05) is 0 Å². The molecule has 80 valence electrons. The number of nitrogens with one attached hydrogen (secondary N) is 1. The van der Waals surface area contributed by atoms with Crippen molar-refractivity contribution in [2.24, 2.45) is 5.84 Å². The minimum absolute atomic E-state index is 0.0486. The van der Waals surface area contributed by atoms with E-state index in [-0.39, 0.29) is 6.04 Å². The molecule has 0 aliphatic carbocycles. The summed E-state index contributed by atoms with van der Waals surface area (Å²) in [5, 5.41) is 2.12. The SMILES string of the molecule is Cc1cc(C(NN)c2ccc(Cl)s2)cs1. The molecule has 1 unspecified atom stereocenters. The average Bonchev–Trinajstić information content (AvgIpc) is 2.78. The van der Waals surface area contributed by atoms with Crippen LogP contribution < -0.4 is 11.3 Å². The van der Waals surface area contributed by atoms with Crippen molar-refractivity contribution >= 4 is 34.3 Å². The number of hydrogen-bond acceptors (Lipinski definition) is 4. The van der Waals surface area contributed by atoms with Crippen molar-refractivity contribution in [2.45, 2.75) is 13.0 Å². The zero-order chi connectivity index (χ0) is 10.8. The van der Waals surface area contributed by atoms with E-state index < -0.39 is 0 Å². The molecule has 0 aromatic carbocycles. The van der Waals surface area contributed by atoms with E-state index in [0.717, 1.165) is 9.21 Å². The Morgan fingerprint density at radius 2 is 2.27 bits per heavy atom. The second-order valence-corrected chi connectivity index (χ2v) is 6.09. The summed E-state index contributed by atoms with van der Waals surface area (Å²) in [6, 6.07) is 6.09. The maximum Gasteiger partial charge on any atom is 0.0931 e. The lowest BCUT2D eigenvalue weighted by Gasteiger charge is -2.12. The molecule has 0 radical (unpaired) electrons. The molecule has 3 N–H and O–H groups in total. The van der Waals surface area contributed by atoms with E-state index >= 15 is 0 Å². The summed E-state index contributed by atoms with van der Waals surface area (Å²) in [6.07, 6.45) is 0. The molecule has 5 heteroatoms. The standard InChI is InChI=1S/C10H11ClN2S2/c1-6-4-7(5-14-6)10(13-12)8-2-3-9(11)15-8/h2-5,10,13H,12H2,1H3. The quantitative estimate of drug-likeness (QED) is 0.655. The summed E-state index contributed by atoms with van der Waals surface area (Å²) in [5.74, 6) is 5.57. The number of hydrogen-bond donors (Lipinski definition) is 2. The molecule has 0 bridgehead atoms. The zero-order valence-corrected chi connectivity index (χ0v) is 10.5.